The SMILES string of the molecule is Cc1c(N2CCOCC2)nc(-c2ccc(NC(=O)Nc3ccccc3)cc2)nc1N1CCN(S(C)(=O)=O)CC1. The van der Waals surface area contributed by atoms with Crippen LogP contribution in [0.3, 0.4) is 0 Å². The highest BCUT2D eigenvalue weighted by Gasteiger charge is 2.27. The molecule has 0 spiro atoms. The molecule has 0 bridgehead atoms. The Labute approximate surface area is 228 Å². The van der Waals surface area contributed by atoms with Crippen LogP contribution >= 0.6 is 0 Å². The van der Waals surface area contributed by atoms with E-state index >= 15 is 0 Å². The van der Waals surface area contributed by atoms with Crippen molar-refractivity contribution in [3.8, 4) is 11.4 Å². The minimum Gasteiger partial charge on any atom is -0.378 e. The van der Waals surface area contributed by atoms with Gasteiger partial charge in [-0.15, -0.1) is 0 Å². The Morgan fingerprint density at radius 3 is 1.90 bits per heavy atom. The fourth-order valence-corrected chi connectivity index (χ4v) is 5.59. The molecule has 12 heteroatoms. The van der Waals surface area contributed by atoms with Crippen molar-refractivity contribution >= 4 is 39.1 Å². The van der Waals surface area contributed by atoms with E-state index in [1.165, 1.54) is 10.6 Å². The number of ether oxygens (including phenoxy) is 1. The number of morpholine rings is 1. The van der Waals surface area contributed by atoms with Crippen LogP contribution in [0.1, 0.15) is 5.56 Å². The maximum absolute atomic E-state index is 12.4. The molecule has 0 unspecified atom stereocenters. The van der Waals surface area contributed by atoms with E-state index in [4.69, 9.17) is 14.7 Å². The fourth-order valence-electron chi connectivity index (χ4n) is 4.76. The van der Waals surface area contributed by atoms with Crippen LogP contribution in [0, 0.1) is 6.92 Å². The number of benzene rings is 2. The zero-order valence-corrected chi connectivity index (χ0v) is 22.9. The van der Waals surface area contributed by atoms with Gasteiger partial charge in [0, 0.05) is 61.8 Å². The summed E-state index contributed by atoms with van der Waals surface area (Å²) in [6.45, 7) is 6.67. The summed E-state index contributed by atoms with van der Waals surface area (Å²) >= 11 is 0. The Morgan fingerprint density at radius 1 is 0.795 bits per heavy atom. The van der Waals surface area contributed by atoms with Gasteiger partial charge in [0.15, 0.2) is 5.82 Å². The van der Waals surface area contributed by atoms with Gasteiger partial charge in [0.2, 0.25) is 10.0 Å². The summed E-state index contributed by atoms with van der Waals surface area (Å²) in [7, 11) is -3.23. The molecule has 2 fully saturated rings. The first kappa shape index (κ1) is 26.9. The molecule has 5 rings (SSSR count). The maximum atomic E-state index is 12.4. The van der Waals surface area contributed by atoms with Crippen LogP contribution in [0.5, 0.6) is 0 Å². The first-order valence-electron chi connectivity index (χ1n) is 12.9. The lowest BCUT2D eigenvalue weighted by Gasteiger charge is -2.36. The summed E-state index contributed by atoms with van der Waals surface area (Å²) in [4.78, 5) is 26.6. The van der Waals surface area contributed by atoms with Gasteiger partial charge in [0.05, 0.1) is 19.5 Å². The minimum absolute atomic E-state index is 0.328. The third kappa shape index (κ3) is 6.47. The van der Waals surface area contributed by atoms with E-state index in [1.807, 2.05) is 61.5 Å². The molecule has 0 atom stereocenters. The van der Waals surface area contributed by atoms with Crippen LogP contribution in [-0.4, -0.2) is 87.5 Å². The number of sulfonamides is 1. The minimum atomic E-state index is -3.23. The molecule has 0 saturated carbocycles. The van der Waals surface area contributed by atoms with Gasteiger partial charge < -0.3 is 25.2 Å². The molecular weight excluding hydrogens is 518 g/mol. The molecule has 2 amide bonds. The molecule has 0 radical (unpaired) electrons. The van der Waals surface area contributed by atoms with Crippen molar-refractivity contribution in [2.45, 2.75) is 6.92 Å². The molecule has 1 aromatic heterocycles. The van der Waals surface area contributed by atoms with Gasteiger partial charge in [-0.2, -0.15) is 4.31 Å². The topological polar surface area (TPSA) is 120 Å². The van der Waals surface area contributed by atoms with Crippen LogP contribution in [0.25, 0.3) is 11.4 Å². The average molecular weight is 552 g/mol. The second-order valence-corrected chi connectivity index (χ2v) is 11.6. The number of aromatic nitrogens is 2. The summed E-state index contributed by atoms with van der Waals surface area (Å²) in [5.41, 5.74) is 3.13. The zero-order chi connectivity index (χ0) is 27.4. The van der Waals surface area contributed by atoms with Crippen LogP contribution in [-0.2, 0) is 14.8 Å². The maximum Gasteiger partial charge on any atom is 0.323 e. The third-order valence-corrected chi connectivity index (χ3v) is 8.15. The van der Waals surface area contributed by atoms with Crippen molar-refractivity contribution in [2.24, 2.45) is 0 Å². The van der Waals surface area contributed by atoms with E-state index in [0.717, 1.165) is 35.9 Å². The van der Waals surface area contributed by atoms with E-state index < -0.39 is 10.0 Å². The number of piperazine rings is 1. The lowest BCUT2D eigenvalue weighted by atomic mass is 10.1. The van der Waals surface area contributed by atoms with E-state index in [2.05, 4.69) is 20.4 Å². The van der Waals surface area contributed by atoms with E-state index in [-0.39, 0.29) is 6.03 Å². The molecule has 3 aromatic rings. The number of anilines is 4. The van der Waals surface area contributed by atoms with Crippen molar-refractivity contribution in [3.63, 3.8) is 0 Å². The first-order valence-corrected chi connectivity index (χ1v) is 14.8. The number of carbonyl (C=O) groups excluding carboxylic acids is 1. The van der Waals surface area contributed by atoms with Crippen LogP contribution in [0.15, 0.2) is 54.6 Å². The molecule has 2 aliphatic rings. The number of para-hydroxylation sites is 1. The second-order valence-electron chi connectivity index (χ2n) is 9.59. The molecule has 2 aromatic carbocycles. The van der Waals surface area contributed by atoms with Crippen LogP contribution in [0.4, 0.5) is 27.8 Å². The summed E-state index contributed by atoms with van der Waals surface area (Å²) in [5, 5.41) is 5.65. The lowest BCUT2D eigenvalue weighted by molar-refractivity contribution is 0.122. The zero-order valence-electron chi connectivity index (χ0n) is 22.1. The summed E-state index contributed by atoms with van der Waals surface area (Å²) in [5.74, 6) is 2.23. The van der Waals surface area contributed by atoms with Crippen molar-refractivity contribution < 1.29 is 17.9 Å². The van der Waals surface area contributed by atoms with E-state index in [1.54, 1.807) is 0 Å². The number of carbonyl (C=O) groups is 1. The molecule has 11 nitrogen and oxygen atoms in total. The predicted molar refractivity (Wildman–Crippen MR) is 153 cm³/mol. The summed E-state index contributed by atoms with van der Waals surface area (Å²) in [6, 6.07) is 16.3. The van der Waals surface area contributed by atoms with Gasteiger partial charge in [0.25, 0.3) is 0 Å². The predicted octanol–water partition coefficient (Wildman–Crippen LogP) is 3.01. The Morgan fingerprint density at radius 2 is 1.33 bits per heavy atom. The monoisotopic (exact) mass is 551 g/mol. The van der Waals surface area contributed by atoms with Gasteiger partial charge in [-0.25, -0.2) is 23.2 Å². The first-order chi connectivity index (χ1) is 18.8. The Kier molecular flexibility index (Phi) is 7.96. The van der Waals surface area contributed by atoms with Gasteiger partial charge in [-0.05, 0) is 43.3 Å². The smallest absolute Gasteiger partial charge is 0.323 e. The number of hydrogen-bond acceptors (Lipinski definition) is 8. The largest absolute Gasteiger partial charge is 0.378 e. The number of rotatable bonds is 6. The Bertz CT molecular complexity index is 1400. The molecule has 2 saturated heterocycles. The summed E-state index contributed by atoms with van der Waals surface area (Å²) in [6.07, 6.45) is 1.25. The number of amides is 2. The number of nitrogens with one attached hydrogen (secondary N) is 2. The van der Waals surface area contributed by atoms with Crippen molar-refractivity contribution in [1.29, 1.82) is 0 Å². The highest BCUT2D eigenvalue weighted by atomic mass is 32.2. The second kappa shape index (κ2) is 11.6. The molecular formula is C27H33N7O4S. The standard InChI is InChI=1S/C27H33N7O4S/c1-20-25(32-12-14-34(15-13-32)39(2,36)37)30-24(31-26(20)33-16-18-38-19-17-33)21-8-10-23(11-9-21)29-27(35)28-22-6-4-3-5-7-22/h3-11H,12-19H2,1-2H3,(H2,28,29,35). The fraction of sp³-hybridized carbons (Fsp3) is 0.370. The van der Waals surface area contributed by atoms with Gasteiger partial charge in [0.1, 0.15) is 11.6 Å². The molecule has 206 valence electrons. The van der Waals surface area contributed by atoms with Crippen LogP contribution in [0.2, 0.25) is 0 Å². The highest BCUT2D eigenvalue weighted by Crippen LogP contribution is 2.31. The molecule has 39 heavy (non-hydrogen) atoms. The number of urea groups is 1. The Balaban J connectivity index is 1.39. The molecule has 0 aliphatic carbocycles. The number of hydrogen-bond donors (Lipinski definition) is 2. The van der Waals surface area contributed by atoms with Gasteiger partial charge in [-0.1, -0.05) is 18.2 Å². The van der Waals surface area contributed by atoms with Crippen LogP contribution < -0.4 is 20.4 Å². The normalized spacial score (nSPS) is 16.7. The van der Waals surface area contributed by atoms with Gasteiger partial charge >= 0.3 is 6.03 Å². The van der Waals surface area contributed by atoms with Crippen molar-refractivity contribution in [1.82, 2.24) is 14.3 Å². The molecule has 2 N–H and O–H groups in total. The summed E-state index contributed by atoms with van der Waals surface area (Å²) < 4.78 is 31.1. The van der Waals surface area contributed by atoms with Gasteiger partial charge in [-0.3, -0.25) is 0 Å². The number of nitrogens with zero attached hydrogens (tertiary/aromatic N) is 5. The average Bonchev–Trinajstić information content (AvgIpc) is 2.94. The highest BCUT2D eigenvalue weighted by molar-refractivity contribution is 7.88. The molecule has 2 aliphatic heterocycles. The lowest BCUT2D eigenvalue weighted by Crippen LogP contribution is -2.49. The van der Waals surface area contributed by atoms with Crippen molar-refractivity contribution in [3.05, 3.63) is 60.2 Å². The quantitative estimate of drug-likeness (QED) is 0.480. The van der Waals surface area contributed by atoms with Crippen molar-refractivity contribution in [2.75, 3.05) is 79.2 Å². The molecule has 3 heterocycles. The third-order valence-electron chi connectivity index (χ3n) is 6.84. The van der Waals surface area contributed by atoms with E-state index in [0.29, 0.717) is 56.6 Å². The Hall–Kier alpha value is -3.74. The van der Waals surface area contributed by atoms with E-state index in [9.17, 15) is 13.2 Å².